The average Bonchev–Trinajstić information content (AvgIpc) is 3.48. The number of carbonyl (C=O) groups excluding carboxylic acids is 2. The van der Waals surface area contributed by atoms with E-state index in [9.17, 15) is 14.7 Å². The number of hydrogen-bond acceptors (Lipinski definition) is 6. The van der Waals surface area contributed by atoms with Crippen molar-refractivity contribution in [2.45, 2.75) is 24.3 Å². The summed E-state index contributed by atoms with van der Waals surface area (Å²) >= 11 is 1.25. The number of aromatic nitrogens is 1. The highest BCUT2D eigenvalue weighted by Gasteiger charge is 2.29. The van der Waals surface area contributed by atoms with E-state index in [1.807, 2.05) is 54.1 Å². The molecule has 184 valence electrons. The predicted octanol–water partition coefficient (Wildman–Crippen LogP) is 3.73. The molecule has 4 aromatic rings. The van der Waals surface area contributed by atoms with Crippen molar-refractivity contribution in [3.05, 3.63) is 89.1 Å². The number of aliphatic hydroxyl groups excluding tert-OH is 1. The van der Waals surface area contributed by atoms with Gasteiger partial charge >= 0.3 is 0 Å². The van der Waals surface area contributed by atoms with Crippen LogP contribution in [0.3, 0.4) is 0 Å². The molecule has 1 aliphatic rings. The monoisotopic (exact) mass is 503 g/mol. The number of nitrogens with one attached hydrogen (secondary N) is 1. The van der Waals surface area contributed by atoms with Crippen LogP contribution in [0.4, 0.5) is 0 Å². The van der Waals surface area contributed by atoms with E-state index in [-0.39, 0.29) is 19.3 Å². The zero-order chi connectivity index (χ0) is 25.2. The van der Waals surface area contributed by atoms with E-state index in [0.29, 0.717) is 29.1 Å². The van der Waals surface area contributed by atoms with Crippen LogP contribution in [0.1, 0.15) is 33.0 Å². The molecule has 0 fully saturated rings. The Hall–Kier alpha value is -3.95. The quantitative estimate of drug-likeness (QED) is 0.316. The van der Waals surface area contributed by atoms with Crippen LogP contribution >= 0.6 is 11.9 Å². The summed E-state index contributed by atoms with van der Waals surface area (Å²) in [6.45, 7) is 2.33. The van der Waals surface area contributed by atoms with Crippen LogP contribution in [0.2, 0.25) is 0 Å². The fourth-order valence-electron chi connectivity index (χ4n) is 4.34. The second-order valence-electron chi connectivity index (χ2n) is 8.52. The number of aryl methyl sites for hydroxylation is 1. The fourth-order valence-corrected chi connectivity index (χ4v) is 4.94. The van der Waals surface area contributed by atoms with Crippen molar-refractivity contribution in [3.8, 4) is 11.5 Å². The standard InChI is InChI=1S/C27H25N3O5S/c1-16-2-6-19(7-3-16)36-29-27(33)25(17-5-9-23-24(13-17)35-15-34-23)21-14-30(10-11-31)22-12-18(26(28)32)4-8-20(21)22/h2-9,12-14,25,31H,10-11,15H2,1H3,(H2,28,32)(H,29,33). The highest BCUT2D eigenvalue weighted by Crippen LogP contribution is 2.39. The maximum atomic E-state index is 13.7. The van der Waals surface area contributed by atoms with Gasteiger partial charge in [0.15, 0.2) is 11.5 Å². The van der Waals surface area contributed by atoms with Crippen LogP contribution in [-0.2, 0) is 11.3 Å². The Morgan fingerprint density at radius 1 is 1.08 bits per heavy atom. The molecule has 0 spiro atoms. The Kier molecular flexibility index (Phi) is 6.58. The first-order valence-corrected chi connectivity index (χ1v) is 12.2. The van der Waals surface area contributed by atoms with E-state index in [2.05, 4.69) is 4.72 Å². The first-order chi connectivity index (χ1) is 17.4. The summed E-state index contributed by atoms with van der Waals surface area (Å²) in [7, 11) is 0. The van der Waals surface area contributed by atoms with Crippen molar-refractivity contribution < 1.29 is 24.2 Å². The Morgan fingerprint density at radius 2 is 1.86 bits per heavy atom. The SMILES string of the molecule is Cc1ccc(SNC(=O)C(c2ccc3c(c2)OCO3)c2cn(CCO)c3cc(C(N)=O)ccc23)cc1. The summed E-state index contributed by atoms with van der Waals surface area (Å²) in [5, 5.41) is 10.4. The van der Waals surface area contributed by atoms with Gasteiger partial charge in [0, 0.05) is 34.1 Å². The van der Waals surface area contributed by atoms with Crippen LogP contribution in [0.15, 0.2) is 71.8 Å². The molecule has 2 amide bonds. The van der Waals surface area contributed by atoms with Crippen molar-refractivity contribution in [2.24, 2.45) is 5.73 Å². The van der Waals surface area contributed by atoms with Gasteiger partial charge in [-0.1, -0.05) is 29.8 Å². The molecule has 1 atom stereocenters. The van der Waals surface area contributed by atoms with Crippen LogP contribution in [0.5, 0.6) is 11.5 Å². The molecule has 0 saturated carbocycles. The van der Waals surface area contributed by atoms with Gasteiger partial charge in [-0.2, -0.15) is 0 Å². The molecule has 2 heterocycles. The molecule has 0 radical (unpaired) electrons. The lowest BCUT2D eigenvalue weighted by Crippen LogP contribution is -2.25. The lowest BCUT2D eigenvalue weighted by atomic mass is 9.90. The van der Waals surface area contributed by atoms with E-state index in [1.165, 1.54) is 11.9 Å². The zero-order valence-electron chi connectivity index (χ0n) is 19.6. The Morgan fingerprint density at radius 3 is 2.61 bits per heavy atom. The molecular weight excluding hydrogens is 478 g/mol. The highest BCUT2D eigenvalue weighted by molar-refractivity contribution is 7.98. The molecule has 9 heteroatoms. The summed E-state index contributed by atoms with van der Waals surface area (Å²) in [5.74, 6) is -0.261. The number of aliphatic hydroxyl groups is 1. The van der Waals surface area contributed by atoms with Crippen LogP contribution in [0.25, 0.3) is 10.9 Å². The number of primary amides is 1. The van der Waals surface area contributed by atoms with Gasteiger partial charge in [-0.3, -0.25) is 14.3 Å². The molecule has 4 N–H and O–H groups in total. The van der Waals surface area contributed by atoms with Crippen molar-refractivity contribution in [3.63, 3.8) is 0 Å². The first kappa shape index (κ1) is 23.8. The number of nitrogens with zero attached hydrogens (tertiary/aromatic N) is 1. The third-order valence-electron chi connectivity index (χ3n) is 6.13. The van der Waals surface area contributed by atoms with Crippen LogP contribution in [-0.4, -0.2) is 34.9 Å². The Balaban J connectivity index is 1.59. The topological polar surface area (TPSA) is 116 Å². The van der Waals surface area contributed by atoms with E-state index in [1.54, 1.807) is 24.3 Å². The third kappa shape index (κ3) is 4.62. The predicted molar refractivity (Wildman–Crippen MR) is 137 cm³/mol. The average molecular weight is 504 g/mol. The fraction of sp³-hybridized carbons (Fsp3) is 0.185. The van der Waals surface area contributed by atoms with Gasteiger partial charge in [0.05, 0.1) is 12.5 Å². The van der Waals surface area contributed by atoms with Gasteiger partial charge in [0.25, 0.3) is 0 Å². The Bertz CT molecular complexity index is 1450. The van der Waals surface area contributed by atoms with Gasteiger partial charge < -0.3 is 24.9 Å². The molecule has 1 unspecified atom stereocenters. The van der Waals surface area contributed by atoms with Gasteiger partial charge in [-0.25, -0.2) is 0 Å². The summed E-state index contributed by atoms with van der Waals surface area (Å²) in [6, 6.07) is 18.5. The molecule has 5 rings (SSSR count). The van der Waals surface area contributed by atoms with E-state index in [0.717, 1.165) is 27.0 Å². The molecule has 36 heavy (non-hydrogen) atoms. The first-order valence-electron chi connectivity index (χ1n) is 11.4. The lowest BCUT2D eigenvalue weighted by molar-refractivity contribution is -0.119. The smallest absolute Gasteiger partial charge is 0.248 e. The summed E-state index contributed by atoms with van der Waals surface area (Å²) in [6.07, 6.45) is 1.84. The number of fused-ring (bicyclic) bond motifs is 2. The molecule has 3 aromatic carbocycles. The Labute approximate surface area is 212 Å². The normalized spacial score (nSPS) is 13.1. The number of hydrogen-bond donors (Lipinski definition) is 3. The lowest BCUT2D eigenvalue weighted by Gasteiger charge is -2.17. The molecule has 8 nitrogen and oxygen atoms in total. The highest BCUT2D eigenvalue weighted by atomic mass is 32.2. The number of nitrogens with two attached hydrogens (primary N) is 1. The largest absolute Gasteiger partial charge is 0.454 e. The molecule has 0 bridgehead atoms. The van der Waals surface area contributed by atoms with Crippen LogP contribution in [0, 0.1) is 6.92 Å². The van der Waals surface area contributed by atoms with E-state index in [4.69, 9.17) is 15.2 Å². The molecule has 1 aromatic heterocycles. The second-order valence-corrected chi connectivity index (χ2v) is 9.40. The van der Waals surface area contributed by atoms with Crippen molar-refractivity contribution in [2.75, 3.05) is 13.4 Å². The van der Waals surface area contributed by atoms with Gasteiger partial charge in [0.2, 0.25) is 18.6 Å². The molecule has 0 saturated heterocycles. The zero-order valence-corrected chi connectivity index (χ0v) is 20.4. The van der Waals surface area contributed by atoms with Crippen molar-refractivity contribution >= 4 is 34.7 Å². The minimum absolute atomic E-state index is 0.103. The number of ether oxygens (including phenoxy) is 2. The summed E-state index contributed by atoms with van der Waals surface area (Å²) in [4.78, 5) is 26.4. The summed E-state index contributed by atoms with van der Waals surface area (Å²) in [5.41, 5.74) is 9.15. The minimum Gasteiger partial charge on any atom is -0.454 e. The second kappa shape index (κ2) is 9.96. The van der Waals surface area contributed by atoms with Gasteiger partial charge in [-0.15, -0.1) is 0 Å². The van der Waals surface area contributed by atoms with E-state index >= 15 is 0 Å². The number of benzene rings is 3. The summed E-state index contributed by atoms with van der Waals surface area (Å²) < 4.78 is 15.8. The maximum absolute atomic E-state index is 13.7. The molecule has 0 aliphatic carbocycles. The van der Waals surface area contributed by atoms with Gasteiger partial charge in [-0.05, 0) is 66.4 Å². The number of carbonyl (C=O) groups is 2. The maximum Gasteiger partial charge on any atom is 0.248 e. The van der Waals surface area contributed by atoms with Crippen molar-refractivity contribution in [1.82, 2.24) is 9.29 Å². The number of rotatable bonds is 8. The van der Waals surface area contributed by atoms with E-state index < -0.39 is 11.8 Å². The van der Waals surface area contributed by atoms with Crippen molar-refractivity contribution in [1.29, 1.82) is 0 Å². The van der Waals surface area contributed by atoms with Gasteiger partial charge in [0.1, 0.15) is 0 Å². The van der Waals surface area contributed by atoms with Crippen LogP contribution < -0.4 is 19.9 Å². The molecule has 1 aliphatic heterocycles. The third-order valence-corrected chi connectivity index (χ3v) is 6.94. The molecular formula is C27H25N3O5S. The minimum atomic E-state index is -0.695. The number of amides is 2.